The number of rotatable bonds is 22. The minimum Gasteiger partial charge on any atom is -0.489 e. The van der Waals surface area contributed by atoms with Gasteiger partial charge in [-0.05, 0) is 105 Å². The van der Waals surface area contributed by atoms with Crippen LogP contribution in [0.3, 0.4) is 0 Å². The van der Waals surface area contributed by atoms with Gasteiger partial charge in [0.2, 0.25) is 0 Å². The van der Waals surface area contributed by atoms with Crippen LogP contribution in [0.4, 0.5) is 0 Å². The van der Waals surface area contributed by atoms with E-state index in [-0.39, 0.29) is 11.6 Å². The highest BCUT2D eigenvalue weighted by Crippen LogP contribution is 2.28. The topological polar surface area (TPSA) is 152 Å². The molecule has 2 fully saturated rings. The second-order valence-electron chi connectivity index (χ2n) is 20.8. The number of hydrogen-bond donors (Lipinski definition) is 4. The summed E-state index contributed by atoms with van der Waals surface area (Å²) in [5.74, 6) is 0.0113. The lowest BCUT2D eigenvalue weighted by Gasteiger charge is -2.30. The van der Waals surface area contributed by atoms with E-state index in [0.717, 1.165) is 64.4 Å². The van der Waals surface area contributed by atoms with Crippen LogP contribution in [0.5, 0.6) is 11.5 Å². The second kappa shape index (κ2) is 32.2. The molecule has 0 saturated heterocycles. The van der Waals surface area contributed by atoms with Crippen LogP contribution in [0.25, 0.3) is 0 Å². The average molecular weight is 1070 g/mol. The van der Waals surface area contributed by atoms with Gasteiger partial charge in [0.05, 0.1) is 7.11 Å². The number of ketones is 2. The van der Waals surface area contributed by atoms with Crippen molar-refractivity contribution in [1.82, 2.24) is 16.0 Å². The Bertz CT molecular complexity index is 2830. The van der Waals surface area contributed by atoms with Gasteiger partial charge in [-0.25, -0.2) is 9.59 Å². The van der Waals surface area contributed by atoms with Gasteiger partial charge in [0.25, 0.3) is 0 Å². The van der Waals surface area contributed by atoms with Crippen molar-refractivity contribution >= 4 is 23.5 Å². The van der Waals surface area contributed by atoms with E-state index in [1.54, 1.807) is 31.2 Å². The van der Waals surface area contributed by atoms with Gasteiger partial charge < -0.3 is 35.3 Å². The number of Topliss-reactive ketones (excluding diaryl/α,β-unsaturated/α-hetero) is 1. The molecule has 3 aliphatic carbocycles. The molecule has 0 bridgehead atoms. The summed E-state index contributed by atoms with van der Waals surface area (Å²) in [7, 11) is 1.35. The molecule has 0 radical (unpaired) electrons. The normalized spacial score (nSPS) is 15.6. The number of allylic oxidation sites excluding steroid dienone is 4. The summed E-state index contributed by atoms with van der Waals surface area (Å²) < 4.78 is 16.6. The molecule has 9 rings (SSSR count). The molecule has 6 aromatic carbocycles. The van der Waals surface area contributed by atoms with Gasteiger partial charge in [-0.1, -0.05) is 184 Å². The molecule has 4 N–H and O–H groups in total. The first-order valence-electron chi connectivity index (χ1n) is 28.3. The molecule has 3 aliphatic rings. The van der Waals surface area contributed by atoms with Crippen molar-refractivity contribution in [1.29, 1.82) is 0 Å². The molecule has 11 nitrogen and oxygen atoms in total. The Labute approximate surface area is 467 Å². The number of carbonyl (C=O) groups is 4. The highest BCUT2D eigenvalue weighted by Gasteiger charge is 2.26. The third-order valence-corrected chi connectivity index (χ3v) is 14.6. The number of aliphatic carboxylic acids is 1. The molecule has 11 heteroatoms. The molecule has 0 aromatic heterocycles. The van der Waals surface area contributed by atoms with Gasteiger partial charge in [0.1, 0.15) is 36.8 Å². The lowest BCUT2D eigenvalue weighted by molar-refractivity contribution is -0.143. The third-order valence-electron chi connectivity index (χ3n) is 14.6. The highest BCUT2D eigenvalue weighted by molar-refractivity contribution is 6.09. The first kappa shape index (κ1) is 58.9. The van der Waals surface area contributed by atoms with E-state index in [4.69, 9.17) is 14.2 Å². The van der Waals surface area contributed by atoms with Gasteiger partial charge in [-0.2, -0.15) is 0 Å². The monoisotopic (exact) mass is 1070 g/mol. The van der Waals surface area contributed by atoms with Crippen molar-refractivity contribution < 1.29 is 38.5 Å². The minimum atomic E-state index is -0.936. The maximum absolute atomic E-state index is 13.1. The second-order valence-corrected chi connectivity index (χ2v) is 20.8. The molecule has 0 heterocycles. The number of ether oxygens (including phenoxy) is 3. The van der Waals surface area contributed by atoms with E-state index in [9.17, 15) is 24.3 Å². The minimum absolute atomic E-state index is 0.0214. The number of nitrogens with one attached hydrogen (secondary N) is 3. The lowest BCUT2D eigenvalue weighted by atomic mass is 9.90. The fraction of sp³-hybridized carbons (Fsp3) is 0.353. The van der Waals surface area contributed by atoms with Gasteiger partial charge in [-0.3, -0.25) is 9.59 Å². The third kappa shape index (κ3) is 20.2. The lowest BCUT2D eigenvalue weighted by Crippen LogP contribution is -2.40. The molecular formula is C68H79N3O8. The van der Waals surface area contributed by atoms with Crippen LogP contribution in [0.1, 0.15) is 140 Å². The highest BCUT2D eigenvalue weighted by atomic mass is 16.5. The summed E-state index contributed by atoms with van der Waals surface area (Å²) in [5.41, 5.74) is 7.30. The summed E-state index contributed by atoms with van der Waals surface area (Å²) in [6.45, 7) is 2.73. The van der Waals surface area contributed by atoms with Crippen LogP contribution in [-0.4, -0.2) is 59.9 Å². The number of hydrogen-bond acceptors (Lipinski definition) is 10. The smallest absolute Gasteiger partial charge is 0.328 e. The Hall–Kier alpha value is -7.76. The van der Waals surface area contributed by atoms with Crippen molar-refractivity contribution in [2.45, 2.75) is 147 Å². The maximum Gasteiger partial charge on any atom is 0.328 e. The van der Waals surface area contributed by atoms with Crippen LogP contribution >= 0.6 is 0 Å². The van der Waals surface area contributed by atoms with Crippen LogP contribution < -0.4 is 25.4 Å². The average Bonchev–Trinajstić information content (AvgIpc) is 3.50. The Balaban J connectivity index is 0.000000187. The van der Waals surface area contributed by atoms with Crippen LogP contribution in [0.2, 0.25) is 0 Å². The molecule has 2 atom stereocenters. The van der Waals surface area contributed by atoms with E-state index in [1.807, 2.05) is 146 Å². The van der Waals surface area contributed by atoms with E-state index >= 15 is 0 Å². The fourth-order valence-electron chi connectivity index (χ4n) is 10.3. The zero-order valence-electron chi connectivity index (χ0n) is 46.1. The van der Waals surface area contributed by atoms with Gasteiger partial charge in [0, 0.05) is 59.1 Å². The molecular weight excluding hydrogens is 987 g/mol. The Morgan fingerprint density at radius 1 is 0.532 bits per heavy atom. The van der Waals surface area contributed by atoms with E-state index in [1.165, 1.54) is 77.4 Å². The summed E-state index contributed by atoms with van der Waals surface area (Å²) in [6.07, 6.45) is 20.0. The molecule has 414 valence electrons. The van der Waals surface area contributed by atoms with Crippen molar-refractivity contribution in [3.63, 3.8) is 0 Å². The molecule has 2 saturated carbocycles. The zero-order valence-corrected chi connectivity index (χ0v) is 46.1. The zero-order chi connectivity index (χ0) is 55.4. The largest absolute Gasteiger partial charge is 0.489 e. The van der Waals surface area contributed by atoms with E-state index in [0.29, 0.717) is 61.3 Å². The first-order valence-corrected chi connectivity index (χ1v) is 28.3. The SMILES string of the molecule is C1CCC(NC2CCCCC2)CC1.COC(=O)[C@H](Cc1ccc(OCc2ccccc2)cc1)NC(C)=CC(=O)c1ccccc1.O=C(C1=C(N[C@@H](Cc2ccc(OCc3ccccc3)cc2)C(=O)O)CCCC1)c1ccccc1. The number of carbonyl (C=O) groups excluding carboxylic acids is 3. The molecule has 0 amide bonds. The van der Waals surface area contributed by atoms with Gasteiger partial charge in [0.15, 0.2) is 11.6 Å². The number of carboxylic acids is 1. The number of esters is 1. The molecule has 6 aromatic rings. The molecule has 79 heavy (non-hydrogen) atoms. The Morgan fingerprint density at radius 2 is 0.975 bits per heavy atom. The van der Waals surface area contributed by atoms with Crippen molar-refractivity contribution in [2.24, 2.45) is 0 Å². The number of carboxylic acid groups (broad SMARTS) is 1. The van der Waals surface area contributed by atoms with Crippen LogP contribution in [-0.2, 0) is 40.4 Å². The van der Waals surface area contributed by atoms with E-state index in [2.05, 4.69) is 16.0 Å². The summed E-state index contributed by atoms with van der Waals surface area (Å²) >= 11 is 0. The van der Waals surface area contributed by atoms with Gasteiger partial charge in [-0.15, -0.1) is 0 Å². The molecule has 0 spiro atoms. The predicted octanol–water partition coefficient (Wildman–Crippen LogP) is 13.5. The summed E-state index contributed by atoms with van der Waals surface area (Å²) in [4.78, 5) is 49.8. The van der Waals surface area contributed by atoms with Crippen LogP contribution in [0, 0.1) is 0 Å². The van der Waals surface area contributed by atoms with E-state index < -0.39 is 24.0 Å². The number of methoxy groups -OCH3 is 1. The first-order chi connectivity index (χ1) is 38.6. The van der Waals surface area contributed by atoms with Crippen LogP contribution in [0.15, 0.2) is 193 Å². The predicted molar refractivity (Wildman–Crippen MR) is 313 cm³/mol. The van der Waals surface area contributed by atoms with Crippen molar-refractivity contribution in [2.75, 3.05) is 7.11 Å². The maximum atomic E-state index is 13.1. The summed E-state index contributed by atoms with van der Waals surface area (Å²) in [5, 5.41) is 20.0. The Morgan fingerprint density at radius 3 is 1.44 bits per heavy atom. The molecule has 0 aliphatic heterocycles. The summed E-state index contributed by atoms with van der Waals surface area (Å²) in [6, 6.07) is 53.5. The standard InChI is InChI=1S/C29H29NO4.C27H27NO4.C12H23N/c31-28(23-11-5-2-6-12-23)25-13-7-8-14-26(25)30-27(29(32)33)19-21-15-17-24(18-16-21)34-20-22-9-3-1-4-10-22;1-20(17-26(29)23-11-7-4-8-12-23)28-25(27(30)31-2)18-21-13-15-24(16-14-21)32-19-22-9-5-3-6-10-22;1-3-7-11(8-4-1)13-12-9-5-2-6-10-12/h1-6,9-12,15-18,27,30H,7-8,13-14,19-20H2,(H,32,33);3-17,25,28H,18-19H2,1-2H3;11-13H,1-10H2/t27-;25-;/m00./s1. The van der Waals surface area contributed by atoms with Crippen molar-refractivity contribution in [3.05, 3.63) is 226 Å². The Kier molecular flexibility index (Phi) is 24.0. The molecule has 0 unspecified atom stereocenters. The van der Waals surface area contributed by atoms with Gasteiger partial charge >= 0.3 is 11.9 Å². The quantitative estimate of drug-likeness (QED) is 0.0292. The van der Waals surface area contributed by atoms with Crippen molar-refractivity contribution in [3.8, 4) is 11.5 Å². The number of benzene rings is 6. The fourth-order valence-corrected chi connectivity index (χ4v) is 10.3.